The Morgan fingerprint density at radius 1 is 1.18 bits per heavy atom. The van der Waals surface area contributed by atoms with Crippen LogP contribution in [-0.4, -0.2) is 45.1 Å². The number of aliphatic imine (C=N–C) groups is 1. The van der Waals surface area contributed by atoms with Crippen LogP contribution < -0.4 is 20.9 Å². The summed E-state index contributed by atoms with van der Waals surface area (Å²) in [4.78, 5) is 18.3. The number of hydrogen-bond acceptors (Lipinski definition) is 3. The van der Waals surface area contributed by atoms with Crippen molar-refractivity contribution in [2.45, 2.75) is 19.0 Å². The molecule has 1 heterocycles. The predicted octanol–water partition coefficient (Wildman–Crippen LogP) is 2.75. The Bertz CT molecular complexity index is 820. The summed E-state index contributed by atoms with van der Waals surface area (Å²) >= 11 is 3.48. The van der Waals surface area contributed by atoms with Crippen LogP contribution >= 0.6 is 15.9 Å². The van der Waals surface area contributed by atoms with Crippen LogP contribution in [0.3, 0.4) is 0 Å². The lowest BCUT2D eigenvalue weighted by Crippen LogP contribution is -2.44. The number of hydrogen-bond donors (Lipinski definition) is 3. The number of guanidine groups is 1. The molecule has 3 rings (SSSR count). The Morgan fingerprint density at radius 3 is 2.54 bits per heavy atom. The number of carbonyl (C=O) groups excluding carboxylic acids is 1. The molecule has 1 aliphatic rings. The fourth-order valence-corrected chi connectivity index (χ4v) is 3.52. The van der Waals surface area contributed by atoms with Crippen molar-refractivity contribution in [3.8, 4) is 0 Å². The van der Waals surface area contributed by atoms with Crippen LogP contribution in [0, 0.1) is 0 Å². The number of rotatable bonds is 5. The highest BCUT2D eigenvalue weighted by atomic mass is 79.9. The van der Waals surface area contributed by atoms with Crippen LogP contribution in [0.5, 0.6) is 0 Å². The van der Waals surface area contributed by atoms with Crippen LogP contribution in [0.4, 0.5) is 5.69 Å². The van der Waals surface area contributed by atoms with Crippen molar-refractivity contribution < 1.29 is 4.79 Å². The minimum Gasteiger partial charge on any atom is -0.369 e. The SMILES string of the molecule is CN=C(NCc1ccc(C(=O)NC)cc1)NC1CCN(c2ccc(Br)cc2)C1. The van der Waals surface area contributed by atoms with Gasteiger partial charge >= 0.3 is 0 Å². The van der Waals surface area contributed by atoms with Gasteiger partial charge in [0.05, 0.1) is 0 Å². The third-order valence-corrected chi connectivity index (χ3v) is 5.38. The van der Waals surface area contributed by atoms with Gasteiger partial charge in [-0.15, -0.1) is 0 Å². The van der Waals surface area contributed by atoms with Gasteiger partial charge in [0.1, 0.15) is 0 Å². The number of carbonyl (C=O) groups is 1. The Balaban J connectivity index is 1.49. The minimum atomic E-state index is -0.0754. The Kier molecular flexibility index (Phi) is 6.92. The Labute approximate surface area is 174 Å². The van der Waals surface area contributed by atoms with Gasteiger partial charge in [-0.1, -0.05) is 28.1 Å². The molecule has 1 amide bonds. The molecule has 1 atom stereocenters. The third kappa shape index (κ3) is 5.25. The van der Waals surface area contributed by atoms with Crippen molar-refractivity contribution >= 4 is 33.5 Å². The first kappa shape index (κ1) is 20.2. The van der Waals surface area contributed by atoms with Gasteiger partial charge < -0.3 is 20.9 Å². The van der Waals surface area contributed by atoms with Gasteiger partial charge in [0.2, 0.25) is 0 Å². The number of anilines is 1. The number of nitrogens with zero attached hydrogens (tertiary/aromatic N) is 2. The van der Waals surface area contributed by atoms with E-state index in [4.69, 9.17) is 0 Å². The molecule has 7 heteroatoms. The number of halogens is 1. The number of nitrogens with one attached hydrogen (secondary N) is 3. The molecule has 2 aromatic rings. The zero-order valence-corrected chi connectivity index (χ0v) is 17.8. The third-order valence-electron chi connectivity index (χ3n) is 4.85. The van der Waals surface area contributed by atoms with Crippen LogP contribution in [0.1, 0.15) is 22.3 Å². The largest absolute Gasteiger partial charge is 0.369 e. The first-order chi connectivity index (χ1) is 13.6. The lowest BCUT2D eigenvalue weighted by atomic mass is 10.1. The predicted molar refractivity (Wildman–Crippen MR) is 118 cm³/mol. The summed E-state index contributed by atoms with van der Waals surface area (Å²) in [5, 5.41) is 9.49. The van der Waals surface area contributed by atoms with Gasteiger partial charge in [-0.3, -0.25) is 9.79 Å². The summed E-state index contributed by atoms with van der Waals surface area (Å²) in [6, 6.07) is 16.4. The zero-order valence-electron chi connectivity index (χ0n) is 16.2. The summed E-state index contributed by atoms with van der Waals surface area (Å²) in [7, 11) is 3.42. The molecule has 1 saturated heterocycles. The van der Waals surface area contributed by atoms with Crippen molar-refractivity contribution in [2.75, 3.05) is 32.1 Å². The number of amides is 1. The first-order valence-corrected chi connectivity index (χ1v) is 10.2. The second-order valence-corrected chi connectivity index (χ2v) is 7.67. The highest BCUT2D eigenvalue weighted by Gasteiger charge is 2.23. The maximum atomic E-state index is 11.6. The standard InChI is InChI=1S/C21H26BrN5O/c1-23-20(28)16-5-3-15(4-6-16)13-25-21(24-2)26-18-11-12-27(14-18)19-9-7-17(22)8-10-19/h3-10,18H,11-14H2,1-2H3,(H,23,28)(H2,24,25,26). The molecule has 0 bridgehead atoms. The fraction of sp³-hybridized carbons (Fsp3) is 0.333. The molecule has 2 aromatic carbocycles. The van der Waals surface area contributed by atoms with Crippen LogP contribution in [0.2, 0.25) is 0 Å². The van der Waals surface area contributed by atoms with Gasteiger partial charge in [-0.25, -0.2) is 0 Å². The molecule has 148 valence electrons. The molecule has 1 unspecified atom stereocenters. The highest BCUT2D eigenvalue weighted by Crippen LogP contribution is 2.22. The second kappa shape index (κ2) is 9.59. The molecule has 0 aliphatic carbocycles. The highest BCUT2D eigenvalue weighted by molar-refractivity contribution is 9.10. The van der Waals surface area contributed by atoms with E-state index in [1.54, 1.807) is 14.1 Å². The first-order valence-electron chi connectivity index (χ1n) is 9.38. The van der Waals surface area contributed by atoms with E-state index in [2.05, 4.69) is 66.0 Å². The Hall–Kier alpha value is -2.54. The fourth-order valence-electron chi connectivity index (χ4n) is 3.26. The van der Waals surface area contributed by atoms with Gasteiger partial charge in [-0.05, 0) is 48.4 Å². The molecule has 0 saturated carbocycles. The van der Waals surface area contributed by atoms with Crippen molar-refractivity contribution in [2.24, 2.45) is 4.99 Å². The topological polar surface area (TPSA) is 68.8 Å². The lowest BCUT2D eigenvalue weighted by molar-refractivity contribution is 0.0963. The van der Waals surface area contributed by atoms with Crippen LogP contribution in [0.25, 0.3) is 0 Å². The molecule has 6 nitrogen and oxygen atoms in total. The summed E-state index contributed by atoms with van der Waals surface area (Å²) in [5.41, 5.74) is 3.00. The summed E-state index contributed by atoms with van der Waals surface area (Å²) in [5.74, 6) is 0.714. The van der Waals surface area contributed by atoms with E-state index in [1.165, 1.54) is 5.69 Å². The average Bonchev–Trinajstić information content (AvgIpc) is 3.20. The lowest BCUT2D eigenvalue weighted by Gasteiger charge is -2.20. The summed E-state index contributed by atoms with van der Waals surface area (Å²) in [6.45, 7) is 2.62. The average molecular weight is 444 g/mol. The monoisotopic (exact) mass is 443 g/mol. The van der Waals surface area contributed by atoms with Crippen molar-refractivity contribution in [1.29, 1.82) is 0 Å². The summed E-state index contributed by atoms with van der Waals surface area (Å²) in [6.07, 6.45) is 1.07. The van der Waals surface area contributed by atoms with E-state index < -0.39 is 0 Å². The molecule has 0 radical (unpaired) electrons. The molecule has 1 aliphatic heterocycles. The zero-order chi connectivity index (χ0) is 19.9. The molecule has 0 aromatic heterocycles. The van der Waals surface area contributed by atoms with Gasteiger partial charge in [0.15, 0.2) is 5.96 Å². The van der Waals surface area contributed by atoms with Gasteiger partial charge in [0, 0.05) is 55.5 Å². The van der Waals surface area contributed by atoms with E-state index >= 15 is 0 Å². The van der Waals surface area contributed by atoms with Gasteiger partial charge in [-0.2, -0.15) is 0 Å². The molecular weight excluding hydrogens is 418 g/mol. The smallest absolute Gasteiger partial charge is 0.251 e. The van der Waals surface area contributed by atoms with Crippen molar-refractivity contribution in [3.63, 3.8) is 0 Å². The van der Waals surface area contributed by atoms with Crippen molar-refractivity contribution in [3.05, 3.63) is 64.1 Å². The quantitative estimate of drug-likeness (QED) is 0.490. The van der Waals surface area contributed by atoms with Crippen molar-refractivity contribution in [1.82, 2.24) is 16.0 Å². The molecule has 28 heavy (non-hydrogen) atoms. The van der Waals surface area contributed by atoms with E-state index in [-0.39, 0.29) is 5.91 Å². The molecule has 3 N–H and O–H groups in total. The molecular formula is C21H26BrN5O. The van der Waals surface area contributed by atoms with E-state index in [9.17, 15) is 4.79 Å². The van der Waals surface area contributed by atoms with Gasteiger partial charge in [0.25, 0.3) is 5.91 Å². The number of benzene rings is 2. The van der Waals surface area contributed by atoms with Crippen LogP contribution in [0.15, 0.2) is 58.0 Å². The maximum absolute atomic E-state index is 11.6. The van der Waals surface area contributed by atoms with E-state index in [0.29, 0.717) is 18.2 Å². The van der Waals surface area contributed by atoms with E-state index in [1.807, 2.05) is 24.3 Å². The normalized spacial score (nSPS) is 16.8. The maximum Gasteiger partial charge on any atom is 0.251 e. The second-order valence-electron chi connectivity index (χ2n) is 6.75. The molecule has 0 spiro atoms. The van der Waals surface area contributed by atoms with E-state index in [0.717, 1.165) is 35.5 Å². The molecule has 1 fully saturated rings. The summed E-state index contributed by atoms with van der Waals surface area (Å²) < 4.78 is 1.10. The minimum absolute atomic E-state index is 0.0754. The van der Waals surface area contributed by atoms with Crippen LogP contribution in [-0.2, 0) is 6.54 Å². The Morgan fingerprint density at radius 2 is 1.89 bits per heavy atom.